The number of rotatable bonds is 5. The van der Waals surface area contributed by atoms with E-state index in [1.807, 2.05) is 0 Å². The second kappa shape index (κ2) is 10.5. The van der Waals surface area contributed by atoms with Gasteiger partial charge in [0.2, 0.25) is 0 Å². The van der Waals surface area contributed by atoms with Crippen LogP contribution < -0.4 is 10.1 Å². The number of hydrogen-bond donors (Lipinski definition) is 1. The van der Waals surface area contributed by atoms with Gasteiger partial charge in [-0.3, -0.25) is 4.90 Å². The number of nitrogens with one attached hydrogen (secondary N) is 1. The van der Waals surface area contributed by atoms with Crippen molar-refractivity contribution in [3.8, 4) is 5.75 Å². The molecule has 140 valence electrons. The van der Waals surface area contributed by atoms with Crippen molar-refractivity contribution >= 4 is 24.8 Å². The van der Waals surface area contributed by atoms with Crippen LogP contribution in [0.15, 0.2) is 24.3 Å². The summed E-state index contributed by atoms with van der Waals surface area (Å²) in [5.41, 5.74) is 1.27. The second-order valence-electron chi connectivity index (χ2n) is 7.71. The summed E-state index contributed by atoms with van der Waals surface area (Å²) in [4.78, 5) is 2.62. The van der Waals surface area contributed by atoms with Crippen molar-refractivity contribution in [2.45, 2.75) is 52.7 Å². The standard InChI is InChI=1S/C19H32N2O.2ClH/c1-15(2)14-18(21-12-10-20-11-13-21)16-6-8-17(9-7-16)22-19(3,4)5;;/h6-9,15,18,20H,10-14H2,1-5H3;2*1H/t18-;;/m0../s1. The molecule has 0 amide bonds. The van der Waals surface area contributed by atoms with Gasteiger partial charge in [0.1, 0.15) is 11.4 Å². The third kappa shape index (κ3) is 7.60. The molecule has 1 aromatic carbocycles. The number of ether oxygens (including phenoxy) is 1. The third-order valence-corrected chi connectivity index (χ3v) is 3.98. The number of nitrogens with zero attached hydrogens (tertiary/aromatic N) is 1. The number of halogens is 2. The summed E-state index contributed by atoms with van der Waals surface area (Å²) in [6.07, 6.45) is 1.21. The van der Waals surface area contributed by atoms with Crippen LogP contribution >= 0.6 is 24.8 Å². The Morgan fingerprint density at radius 2 is 1.58 bits per heavy atom. The van der Waals surface area contributed by atoms with Crippen LogP contribution in [0.25, 0.3) is 0 Å². The van der Waals surface area contributed by atoms with Gasteiger partial charge >= 0.3 is 0 Å². The molecule has 0 aliphatic carbocycles. The summed E-state index contributed by atoms with van der Waals surface area (Å²) >= 11 is 0. The lowest BCUT2D eigenvalue weighted by molar-refractivity contribution is 0.130. The lowest BCUT2D eigenvalue weighted by Crippen LogP contribution is -2.45. The highest BCUT2D eigenvalue weighted by atomic mass is 35.5. The lowest BCUT2D eigenvalue weighted by atomic mass is 9.95. The van der Waals surface area contributed by atoms with Gasteiger partial charge < -0.3 is 10.1 Å². The Labute approximate surface area is 160 Å². The Balaban J connectivity index is 0.00000264. The van der Waals surface area contributed by atoms with Crippen LogP contribution in [0.3, 0.4) is 0 Å². The minimum Gasteiger partial charge on any atom is -0.488 e. The van der Waals surface area contributed by atoms with Gasteiger partial charge in [0.05, 0.1) is 0 Å². The molecule has 1 N–H and O–H groups in total. The van der Waals surface area contributed by atoms with E-state index in [-0.39, 0.29) is 30.4 Å². The molecule has 0 unspecified atom stereocenters. The highest BCUT2D eigenvalue weighted by molar-refractivity contribution is 5.85. The summed E-state index contributed by atoms with van der Waals surface area (Å²) in [6.45, 7) is 15.4. The van der Waals surface area contributed by atoms with Gasteiger partial charge in [-0.1, -0.05) is 26.0 Å². The van der Waals surface area contributed by atoms with E-state index in [0.29, 0.717) is 12.0 Å². The van der Waals surface area contributed by atoms with E-state index < -0.39 is 0 Å². The molecule has 0 saturated carbocycles. The van der Waals surface area contributed by atoms with Gasteiger partial charge in [-0.2, -0.15) is 0 Å². The fourth-order valence-electron chi connectivity index (χ4n) is 3.05. The highest BCUT2D eigenvalue weighted by Crippen LogP contribution is 2.30. The van der Waals surface area contributed by atoms with Crippen molar-refractivity contribution in [3.05, 3.63) is 29.8 Å². The average Bonchev–Trinajstić information content (AvgIpc) is 2.45. The van der Waals surface area contributed by atoms with Crippen LogP contribution in [-0.2, 0) is 0 Å². The molecular formula is C19H34Cl2N2O. The number of hydrogen-bond acceptors (Lipinski definition) is 3. The van der Waals surface area contributed by atoms with Crippen LogP contribution in [0.2, 0.25) is 0 Å². The van der Waals surface area contributed by atoms with Gasteiger partial charge in [0.15, 0.2) is 0 Å². The molecule has 1 fully saturated rings. The fourth-order valence-corrected chi connectivity index (χ4v) is 3.05. The predicted molar refractivity (Wildman–Crippen MR) is 108 cm³/mol. The minimum absolute atomic E-state index is 0. The zero-order valence-electron chi connectivity index (χ0n) is 15.7. The minimum atomic E-state index is -0.141. The molecule has 1 aliphatic heterocycles. The third-order valence-electron chi connectivity index (χ3n) is 3.98. The van der Waals surface area contributed by atoms with Gasteiger partial charge in [-0.25, -0.2) is 0 Å². The second-order valence-corrected chi connectivity index (χ2v) is 7.71. The van der Waals surface area contributed by atoms with Crippen molar-refractivity contribution in [3.63, 3.8) is 0 Å². The van der Waals surface area contributed by atoms with Crippen molar-refractivity contribution in [2.24, 2.45) is 5.92 Å². The molecule has 1 aromatic rings. The first-order valence-electron chi connectivity index (χ1n) is 8.59. The molecule has 1 aliphatic rings. The Hall–Kier alpha value is -0.480. The largest absolute Gasteiger partial charge is 0.488 e. The molecule has 24 heavy (non-hydrogen) atoms. The topological polar surface area (TPSA) is 24.5 Å². The maximum absolute atomic E-state index is 5.94. The van der Waals surface area contributed by atoms with E-state index in [9.17, 15) is 0 Å². The fraction of sp³-hybridized carbons (Fsp3) is 0.684. The van der Waals surface area contributed by atoms with Gasteiger partial charge in [0.25, 0.3) is 0 Å². The summed E-state index contributed by atoms with van der Waals surface area (Å²) in [6, 6.07) is 9.25. The van der Waals surface area contributed by atoms with Gasteiger partial charge in [0, 0.05) is 32.2 Å². The Bertz CT molecular complexity index is 451. The Morgan fingerprint density at radius 3 is 2.04 bits per heavy atom. The smallest absolute Gasteiger partial charge is 0.120 e. The molecule has 3 nitrogen and oxygen atoms in total. The summed E-state index contributed by atoms with van der Waals surface area (Å²) in [5.74, 6) is 1.66. The molecule has 2 rings (SSSR count). The van der Waals surface area contributed by atoms with E-state index in [0.717, 1.165) is 31.9 Å². The maximum Gasteiger partial charge on any atom is 0.120 e. The van der Waals surface area contributed by atoms with E-state index in [1.165, 1.54) is 12.0 Å². The highest BCUT2D eigenvalue weighted by Gasteiger charge is 2.23. The molecular weight excluding hydrogens is 343 g/mol. The van der Waals surface area contributed by atoms with E-state index in [4.69, 9.17) is 4.74 Å². The molecule has 1 heterocycles. The van der Waals surface area contributed by atoms with Crippen molar-refractivity contribution in [1.29, 1.82) is 0 Å². The zero-order chi connectivity index (χ0) is 16.2. The first kappa shape index (κ1) is 23.5. The summed E-state index contributed by atoms with van der Waals surface area (Å²) in [5, 5.41) is 3.45. The normalized spacial score (nSPS) is 16.9. The summed E-state index contributed by atoms with van der Waals surface area (Å²) < 4.78 is 5.94. The van der Waals surface area contributed by atoms with Crippen LogP contribution in [0, 0.1) is 5.92 Å². The maximum atomic E-state index is 5.94. The van der Waals surface area contributed by atoms with Gasteiger partial charge in [-0.05, 0) is 50.8 Å². The van der Waals surface area contributed by atoms with Crippen LogP contribution in [0.5, 0.6) is 5.75 Å². The van der Waals surface area contributed by atoms with E-state index >= 15 is 0 Å². The molecule has 0 aromatic heterocycles. The predicted octanol–water partition coefficient (Wildman–Crippen LogP) is 4.70. The van der Waals surface area contributed by atoms with E-state index in [1.54, 1.807) is 0 Å². The SMILES string of the molecule is CC(C)C[C@@H](c1ccc(OC(C)(C)C)cc1)N1CCNCC1.Cl.Cl. The molecule has 0 radical (unpaired) electrons. The number of benzene rings is 1. The van der Waals surface area contributed by atoms with Crippen molar-refractivity contribution in [2.75, 3.05) is 26.2 Å². The quantitative estimate of drug-likeness (QED) is 0.805. The van der Waals surface area contributed by atoms with Crippen LogP contribution in [0.1, 0.15) is 52.6 Å². The molecule has 5 heteroatoms. The molecule has 1 atom stereocenters. The van der Waals surface area contributed by atoms with Crippen molar-refractivity contribution in [1.82, 2.24) is 10.2 Å². The number of piperazine rings is 1. The first-order chi connectivity index (χ1) is 10.3. The lowest BCUT2D eigenvalue weighted by Gasteiger charge is -2.36. The summed E-state index contributed by atoms with van der Waals surface area (Å²) in [7, 11) is 0. The average molecular weight is 377 g/mol. The molecule has 0 bridgehead atoms. The van der Waals surface area contributed by atoms with E-state index in [2.05, 4.69) is 69.1 Å². The molecule has 0 spiro atoms. The van der Waals surface area contributed by atoms with Crippen molar-refractivity contribution < 1.29 is 4.74 Å². The van der Waals surface area contributed by atoms with Gasteiger partial charge in [-0.15, -0.1) is 24.8 Å². The Kier molecular flexibility index (Phi) is 10.3. The first-order valence-corrected chi connectivity index (χ1v) is 8.59. The monoisotopic (exact) mass is 376 g/mol. The Morgan fingerprint density at radius 1 is 1.04 bits per heavy atom. The molecule has 1 saturated heterocycles. The zero-order valence-corrected chi connectivity index (χ0v) is 17.3. The van der Waals surface area contributed by atoms with Crippen LogP contribution in [-0.4, -0.2) is 36.7 Å². The van der Waals surface area contributed by atoms with Crippen LogP contribution in [0.4, 0.5) is 0 Å².